The smallest absolute Gasteiger partial charge is 0.256 e. The van der Waals surface area contributed by atoms with Crippen molar-refractivity contribution in [1.82, 2.24) is 10.3 Å². The SMILES string of the molecule is O=C(NC1=CC=C[C@H]2C(=O)c3ccccc3C(=O)[C@H]12)c1cc(-c2ccccc2Cl)nc2ccccc12. The summed E-state index contributed by atoms with van der Waals surface area (Å²) in [6, 6.07) is 23.2. The number of nitrogens with zero attached hydrogens (tertiary/aromatic N) is 1. The van der Waals surface area contributed by atoms with Gasteiger partial charge in [0.15, 0.2) is 11.6 Å². The number of aromatic nitrogens is 1. The van der Waals surface area contributed by atoms with Crippen molar-refractivity contribution in [2.24, 2.45) is 11.8 Å². The molecule has 0 spiro atoms. The van der Waals surface area contributed by atoms with E-state index in [1.807, 2.05) is 42.5 Å². The molecule has 0 aliphatic heterocycles. The zero-order valence-electron chi connectivity index (χ0n) is 18.9. The van der Waals surface area contributed by atoms with Crippen LogP contribution in [0.15, 0.2) is 103 Å². The quantitative estimate of drug-likeness (QED) is 0.379. The monoisotopic (exact) mass is 490 g/mol. The van der Waals surface area contributed by atoms with Gasteiger partial charge in [-0.15, -0.1) is 0 Å². The number of Topliss-reactive ketones (excluding diaryl/α,β-unsaturated/α-hetero) is 2. The number of fused-ring (bicyclic) bond motifs is 3. The molecule has 2 atom stereocenters. The van der Waals surface area contributed by atoms with Gasteiger partial charge in [0.05, 0.1) is 28.6 Å². The summed E-state index contributed by atoms with van der Waals surface area (Å²) in [5.41, 5.74) is 3.53. The van der Waals surface area contributed by atoms with Crippen molar-refractivity contribution >= 4 is 40.0 Å². The fourth-order valence-electron chi connectivity index (χ4n) is 4.98. The molecule has 1 N–H and O–H groups in total. The Bertz CT molecular complexity index is 1650. The molecule has 3 aromatic carbocycles. The molecule has 0 saturated carbocycles. The highest BCUT2D eigenvalue weighted by Gasteiger charge is 2.43. The number of amides is 1. The largest absolute Gasteiger partial charge is 0.325 e. The van der Waals surface area contributed by atoms with Crippen molar-refractivity contribution in [1.29, 1.82) is 0 Å². The van der Waals surface area contributed by atoms with E-state index in [0.29, 0.717) is 49.6 Å². The fraction of sp³-hybridized carbons (Fsp3) is 0.0667. The molecule has 0 unspecified atom stereocenters. The Hall–Kier alpha value is -4.35. The summed E-state index contributed by atoms with van der Waals surface area (Å²) in [6.07, 6.45) is 5.14. The molecule has 0 radical (unpaired) electrons. The van der Waals surface area contributed by atoms with E-state index in [1.165, 1.54) is 0 Å². The van der Waals surface area contributed by atoms with E-state index in [2.05, 4.69) is 5.32 Å². The minimum absolute atomic E-state index is 0.123. The first-order valence-corrected chi connectivity index (χ1v) is 11.9. The lowest BCUT2D eigenvalue weighted by molar-refractivity contribution is 0.0782. The zero-order chi connectivity index (χ0) is 24.8. The van der Waals surface area contributed by atoms with Gasteiger partial charge in [-0.05, 0) is 24.3 Å². The van der Waals surface area contributed by atoms with Gasteiger partial charge >= 0.3 is 0 Å². The van der Waals surface area contributed by atoms with Crippen molar-refractivity contribution in [3.05, 3.63) is 125 Å². The van der Waals surface area contributed by atoms with Gasteiger partial charge in [0, 0.05) is 32.8 Å². The molecule has 2 aliphatic rings. The van der Waals surface area contributed by atoms with Crippen molar-refractivity contribution in [3.63, 3.8) is 0 Å². The molecular weight excluding hydrogens is 472 g/mol. The number of carbonyl (C=O) groups is 3. The third kappa shape index (κ3) is 3.56. The highest BCUT2D eigenvalue weighted by molar-refractivity contribution is 6.33. The normalized spacial score (nSPS) is 18.4. The maximum atomic E-state index is 13.7. The first kappa shape index (κ1) is 22.1. The van der Waals surface area contributed by atoms with Crippen molar-refractivity contribution in [3.8, 4) is 11.3 Å². The molecule has 5 nitrogen and oxygen atoms in total. The number of hydrogen-bond acceptors (Lipinski definition) is 4. The van der Waals surface area contributed by atoms with E-state index in [4.69, 9.17) is 16.6 Å². The van der Waals surface area contributed by atoms with Gasteiger partial charge in [0.25, 0.3) is 5.91 Å². The minimum atomic E-state index is -0.780. The van der Waals surface area contributed by atoms with Gasteiger partial charge < -0.3 is 5.32 Å². The second-order valence-corrected chi connectivity index (χ2v) is 9.20. The van der Waals surface area contributed by atoms with Crippen molar-refractivity contribution in [2.75, 3.05) is 0 Å². The van der Waals surface area contributed by atoms with Gasteiger partial charge in [0.2, 0.25) is 0 Å². The lowest BCUT2D eigenvalue weighted by Gasteiger charge is -2.32. The van der Waals surface area contributed by atoms with E-state index in [1.54, 1.807) is 54.6 Å². The number of carbonyl (C=O) groups excluding carboxylic acids is 3. The van der Waals surface area contributed by atoms with Crippen LogP contribution in [0, 0.1) is 11.8 Å². The molecule has 6 heteroatoms. The molecule has 174 valence electrons. The summed E-state index contributed by atoms with van der Waals surface area (Å²) in [6.45, 7) is 0. The van der Waals surface area contributed by atoms with Gasteiger partial charge in [-0.25, -0.2) is 4.98 Å². The van der Waals surface area contributed by atoms with Crippen LogP contribution in [0.4, 0.5) is 0 Å². The van der Waals surface area contributed by atoms with Crippen LogP contribution in [0.1, 0.15) is 31.1 Å². The molecule has 0 saturated heterocycles. The molecule has 6 rings (SSSR count). The zero-order valence-corrected chi connectivity index (χ0v) is 19.7. The molecule has 0 fully saturated rings. The van der Waals surface area contributed by atoms with Crippen molar-refractivity contribution in [2.45, 2.75) is 0 Å². The van der Waals surface area contributed by atoms with Gasteiger partial charge in [-0.2, -0.15) is 0 Å². The van der Waals surface area contributed by atoms with Crippen LogP contribution in [0.25, 0.3) is 22.2 Å². The lowest BCUT2D eigenvalue weighted by Crippen LogP contribution is -2.42. The standard InChI is InChI=1S/C30H19ClN2O3/c31-23-13-5-3-11-20(23)26-16-22(17-8-4-6-14-24(17)32-26)30(36)33-25-15-7-12-21-27(25)29(35)19-10-2-1-9-18(19)28(21)34/h1-16,21,27H,(H,33,36)/t21-,27+/m1/s1. The Morgan fingerprint density at radius 3 is 2.28 bits per heavy atom. The molecule has 36 heavy (non-hydrogen) atoms. The predicted molar refractivity (Wildman–Crippen MR) is 139 cm³/mol. The molecule has 4 aromatic rings. The first-order valence-electron chi connectivity index (χ1n) is 11.5. The van der Waals surface area contributed by atoms with Crippen LogP contribution in [0.5, 0.6) is 0 Å². The second-order valence-electron chi connectivity index (χ2n) is 8.79. The summed E-state index contributed by atoms with van der Waals surface area (Å²) in [7, 11) is 0. The highest BCUT2D eigenvalue weighted by Crippen LogP contribution is 2.37. The van der Waals surface area contributed by atoms with E-state index in [-0.39, 0.29) is 17.5 Å². The number of rotatable bonds is 3. The van der Waals surface area contributed by atoms with Crippen LogP contribution >= 0.6 is 11.6 Å². The number of pyridine rings is 1. The predicted octanol–water partition coefficient (Wildman–Crippen LogP) is 6.05. The van der Waals surface area contributed by atoms with Gasteiger partial charge in [0.1, 0.15) is 0 Å². The van der Waals surface area contributed by atoms with Crippen LogP contribution in [-0.4, -0.2) is 22.5 Å². The molecule has 2 aliphatic carbocycles. The number of ketones is 2. The number of halogens is 1. The summed E-state index contributed by atoms with van der Waals surface area (Å²) >= 11 is 6.42. The summed E-state index contributed by atoms with van der Waals surface area (Å²) < 4.78 is 0. The molecule has 1 heterocycles. The number of allylic oxidation sites excluding steroid dienone is 4. The number of hydrogen-bond donors (Lipinski definition) is 1. The summed E-state index contributed by atoms with van der Waals surface area (Å²) in [5.74, 6) is -2.12. The third-order valence-corrected chi connectivity index (χ3v) is 7.03. The average molecular weight is 491 g/mol. The fourth-order valence-corrected chi connectivity index (χ4v) is 5.21. The van der Waals surface area contributed by atoms with E-state index >= 15 is 0 Å². The van der Waals surface area contributed by atoms with Gasteiger partial charge in [-0.3, -0.25) is 14.4 Å². The maximum Gasteiger partial charge on any atom is 0.256 e. The van der Waals surface area contributed by atoms with E-state index in [0.717, 1.165) is 0 Å². The average Bonchev–Trinajstić information content (AvgIpc) is 2.91. The Balaban J connectivity index is 1.41. The molecular formula is C30H19ClN2O3. The molecule has 0 bridgehead atoms. The third-order valence-electron chi connectivity index (χ3n) is 6.70. The Morgan fingerprint density at radius 2 is 1.50 bits per heavy atom. The van der Waals surface area contributed by atoms with Crippen LogP contribution in [0.2, 0.25) is 5.02 Å². The highest BCUT2D eigenvalue weighted by atomic mass is 35.5. The Kier molecular flexibility index (Phi) is 5.35. The summed E-state index contributed by atoms with van der Waals surface area (Å²) in [5, 5.41) is 4.14. The maximum absolute atomic E-state index is 13.7. The first-order chi connectivity index (χ1) is 17.5. The van der Waals surface area contributed by atoms with E-state index < -0.39 is 11.8 Å². The Morgan fingerprint density at radius 1 is 0.833 bits per heavy atom. The van der Waals surface area contributed by atoms with E-state index in [9.17, 15) is 14.4 Å². The number of para-hydroxylation sites is 1. The number of benzene rings is 3. The van der Waals surface area contributed by atoms with Crippen molar-refractivity contribution < 1.29 is 14.4 Å². The molecule has 1 amide bonds. The molecule has 1 aromatic heterocycles. The van der Waals surface area contributed by atoms with Crippen LogP contribution in [0.3, 0.4) is 0 Å². The number of nitrogens with one attached hydrogen (secondary N) is 1. The summed E-state index contributed by atoms with van der Waals surface area (Å²) in [4.78, 5) is 44.9. The van der Waals surface area contributed by atoms with Crippen LogP contribution < -0.4 is 5.32 Å². The van der Waals surface area contributed by atoms with Crippen LogP contribution in [-0.2, 0) is 0 Å². The van der Waals surface area contributed by atoms with Gasteiger partial charge in [-0.1, -0.05) is 84.4 Å². The lowest BCUT2D eigenvalue weighted by atomic mass is 9.71. The second kappa shape index (κ2) is 8.70. The topological polar surface area (TPSA) is 76.1 Å². The minimum Gasteiger partial charge on any atom is -0.325 e. The Labute approximate surface area is 212 Å².